The maximum absolute atomic E-state index is 2.44. The van der Waals surface area contributed by atoms with Gasteiger partial charge in [-0.05, 0) is 299 Å². The zero-order chi connectivity index (χ0) is 97.0. The van der Waals surface area contributed by atoms with Gasteiger partial charge in [-0.15, -0.1) is 0 Å². The number of benzene rings is 24. The van der Waals surface area contributed by atoms with E-state index in [-0.39, 0.29) is 0 Å². The first-order valence-electron chi connectivity index (χ1n) is 50.0. The average Bonchev–Trinajstić information content (AvgIpc) is 1.20. The summed E-state index contributed by atoms with van der Waals surface area (Å²) in [4.78, 5) is 9.69. The zero-order valence-electron chi connectivity index (χ0n) is 80.3. The van der Waals surface area contributed by atoms with Crippen LogP contribution >= 0.6 is 0 Å². The molecule has 6 heteroatoms. The molecule has 146 heavy (non-hydrogen) atoms. The molecule has 0 atom stereocenters. The van der Waals surface area contributed by atoms with Crippen molar-refractivity contribution in [2.24, 2.45) is 0 Å². The maximum Gasteiger partial charge on any atom is 0.0561 e. The fourth-order valence-corrected chi connectivity index (χ4v) is 21.1. The van der Waals surface area contributed by atoms with E-state index in [9.17, 15) is 0 Å². The van der Waals surface area contributed by atoms with Crippen LogP contribution in [0.3, 0.4) is 0 Å². The highest BCUT2D eigenvalue weighted by Gasteiger charge is 2.27. The van der Waals surface area contributed by atoms with Crippen LogP contribution in [-0.2, 0) is 0 Å². The molecule has 0 aliphatic heterocycles. The zero-order valence-corrected chi connectivity index (χ0v) is 80.3. The molecule has 0 aliphatic rings. The number of aromatic nitrogens is 2. The highest BCUT2D eigenvalue weighted by atomic mass is 15.2. The van der Waals surface area contributed by atoms with Crippen LogP contribution in [0, 0.1) is 0 Å². The fraction of sp³-hybridized carbons (Fsp3) is 0. The van der Waals surface area contributed by atoms with Gasteiger partial charge < -0.3 is 28.7 Å². The minimum atomic E-state index is 1.03. The lowest BCUT2D eigenvalue weighted by Crippen LogP contribution is -2.14. The van der Waals surface area contributed by atoms with Crippen LogP contribution in [0.25, 0.3) is 166 Å². The third kappa shape index (κ3) is 17.6. The molecule has 0 saturated carbocycles. The van der Waals surface area contributed by atoms with Crippen molar-refractivity contribution >= 4 is 133 Å². The third-order valence-corrected chi connectivity index (χ3v) is 28.3. The second-order valence-corrected chi connectivity index (χ2v) is 37.2. The second kappa shape index (κ2) is 39.4. The largest absolute Gasteiger partial charge is 0.310 e. The van der Waals surface area contributed by atoms with Gasteiger partial charge in [-0.25, -0.2) is 0 Å². The van der Waals surface area contributed by atoms with E-state index in [0.717, 1.165) is 113 Å². The van der Waals surface area contributed by atoms with Crippen molar-refractivity contribution in [1.82, 2.24) is 9.13 Å². The average molecular weight is 1860 g/mol. The number of rotatable bonds is 22. The molecule has 24 aromatic carbocycles. The molecule has 0 amide bonds. The molecule has 0 spiro atoms. The summed E-state index contributed by atoms with van der Waals surface area (Å²) in [5.41, 5.74) is 38.1. The van der Waals surface area contributed by atoms with Crippen LogP contribution in [0.5, 0.6) is 0 Å². The summed E-state index contributed by atoms with van der Waals surface area (Å²) in [7, 11) is 0. The van der Waals surface area contributed by atoms with Gasteiger partial charge in [0.05, 0.1) is 22.1 Å². The first-order valence-corrected chi connectivity index (χ1v) is 50.0. The highest BCUT2D eigenvalue weighted by molar-refractivity contribution is 6.13. The van der Waals surface area contributed by atoms with Crippen molar-refractivity contribution in [2.45, 2.75) is 0 Å². The predicted octanol–water partition coefficient (Wildman–Crippen LogP) is 39.1. The van der Waals surface area contributed by atoms with Gasteiger partial charge in [0.2, 0.25) is 0 Å². The number of hydrogen-bond acceptors (Lipinski definition) is 4. The Balaban J connectivity index is 0.000000152. The summed E-state index contributed by atoms with van der Waals surface area (Å²) in [5.74, 6) is 0. The molecule has 0 unspecified atom stereocenters. The van der Waals surface area contributed by atoms with Gasteiger partial charge in [0.25, 0.3) is 0 Å². The normalized spacial score (nSPS) is 11.3. The van der Waals surface area contributed by atoms with Crippen molar-refractivity contribution in [2.75, 3.05) is 19.6 Å². The second-order valence-electron chi connectivity index (χ2n) is 37.2. The minimum Gasteiger partial charge on any atom is -0.310 e. The lowest BCUT2D eigenvalue weighted by Gasteiger charge is -2.31. The quantitative estimate of drug-likeness (QED) is 0.0674. The molecule has 0 fully saturated rings. The molecule has 26 rings (SSSR count). The smallest absolute Gasteiger partial charge is 0.0561 e. The molecular weight excluding hydrogens is 1770 g/mol. The molecule has 0 saturated heterocycles. The molecule has 26 aromatic rings. The summed E-state index contributed by atoms with van der Waals surface area (Å²) < 4.78 is 4.79. The van der Waals surface area contributed by atoms with Crippen LogP contribution in [0.2, 0.25) is 0 Å². The Morgan fingerprint density at radius 2 is 0.322 bits per heavy atom. The van der Waals surface area contributed by atoms with Crippen molar-refractivity contribution in [3.05, 3.63) is 595 Å². The number of para-hydroxylation sites is 4. The van der Waals surface area contributed by atoms with Gasteiger partial charge >= 0.3 is 0 Å². The maximum atomic E-state index is 2.44. The Bertz CT molecular complexity index is 8970. The van der Waals surface area contributed by atoms with E-state index in [1.54, 1.807) is 0 Å². The molecule has 2 heterocycles. The molecule has 688 valence electrons. The van der Waals surface area contributed by atoms with Crippen LogP contribution in [0.15, 0.2) is 595 Å². The van der Waals surface area contributed by atoms with E-state index in [2.05, 4.69) is 623 Å². The Labute approximate surface area is 850 Å². The molecule has 0 N–H and O–H groups in total. The Kier molecular flexibility index (Phi) is 23.7. The van der Waals surface area contributed by atoms with E-state index in [0.29, 0.717) is 0 Å². The summed E-state index contributed by atoms with van der Waals surface area (Å²) in [6.45, 7) is 0. The first kappa shape index (κ1) is 88.1. The summed E-state index contributed by atoms with van der Waals surface area (Å²) >= 11 is 0. The van der Waals surface area contributed by atoms with Crippen molar-refractivity contribution in [3.63, 3.8) is 0 Å². The van der Waals surface area contributed by atoms with Gasteiger partial charge in [-0.3, -0.25) is 0 Å². The van der Waals surface area contributed by atoms with E-state index in [1.165, 1.54) is 121 Å². The van der Waals surface area contributed by atoms with Crippen LogP contribution < -0.4 is 19.6 Å². The van der Waals surface area contributed by atoms with E-state index in [1.807, 2.05) is 0 Å². The third-order valence-electron chi connectivity index (χ3n) is 28.3. The molecule has 0 aliphatic carbocycles. The topological polar surface area (TPSA) is 22.8 Å². The van der Waals surface area contributed by atoms with Gasteiger partial charge in [0.15, 0.2) is 0 Å². The number of fused-ring (bicyclic) bond motifs is 8. The van der Waals surface area contributed by atoms with Crippen LogP contribution in [-0.4, -0.2) is 9.13 Å². The van der Waals surface area contributed by atoms with Crippen molar-refractivity contribution in [3.8, 4) is 100 Å². The van der Waals surface area contributed by atoms with Gasteiger partial charge in [0.1, 0.15) is 0 Å². The molecule has 0 bridgehead atoms. The van der Waals surface area contributed by atoms with Gasteiger partial charge in [-0.2, -0.15) is 0 Å². The van der Waals surface area contributed by atoms with E-state index < -0.39 is 0 Å². The van der Waals surface area contributed by atoms with Crippen LogP contribution in [0.4, 0.5) is 68.2 Å². The lowest BCUT2D eigenvalue weighted by atomic mass is 9.98. The molecule has 6 nitrogen and oxygen atoms in total. The highest BCUT2D eigenvalue weighted by Crippen LogP contribution is 2.51. The van der Waals surface area contributed by atoms with Gasteiger partial charge in [-0.1, -0.05) is 406 Å². The number of nitrogens with zero attached hydrogens (tertiary/aromatic N) is 6. The SMILES string of the molecule is c1ccc(-c2ccc(N(c3ccc(-c4ccccc4)cc3)c3cc(-c4ccc5ccccc5c4)cc(N(c4ccc(-c5ccccc5)cc4)c4ccc5c(c4)c4ccccc4n5-c4ccccc4)c3)cc2)cc1.c1ccc(-c2ccc(N(c3ccc(-c4ccccc4)cc3)c3cc(-c4ccc5ccccc5c4)cc(N(c4ccc(-c5ccccc5)cc4)c4ccc5c6ccccc6n(-c6ccccc6)c5c4)c3)cc2)cc1. The monoisotopic (exact) mass is 1860 g/mol. The summed E-state index contributed by atoms with van der Waals surface area (Å²) in [6.07, 6.45) is 0. The summed E-state index contributed by atoms with van der Waals surface area (Å²) in [6, 6.07) is 216. The first-order chi connectivity index (χ1) is 72.4. The van der Waals surface area contributed by atoms with Gasteiger partial charge in [0, 0.05) is 101 Å². The molecule has 0 radical (unpaired) electrons. The Morgan fingerprint density at radius 1 is 0.103 bits per heavy atom. The molecular formula is C140H98N6. The fourth-order valence-electron chi connectivity index (χ4n) is 21.1. The van der Waals surface area contributed by atoms with Crippen molar-refractivity contribution < 1.29 is 0 Å². The van der Waals surface area contributed by atoms with Crippen LogP contribution in [0.1, 0.15) is 0 Å². The molecule has 2 aromatic heterocycles. The van der Waals surface area contributed by atoms with E-state index >= 15 is 0 Å². The lowest BCUT2D eigenvalue weighted by molar-refractivity contribution is 1.18. The summed E-state index contributed by atoms with van der Waals surface area (Å²) in [5, 5.41) is 9.64. The Morgan fingerprint density at radius 3 is 0.644 bits per heavy atom. The van der Waals surface area contributed by atoms with Crippen molar-refractivity contribution in [1.29, 1.82) is 0 Å². The predicted molar refractivity (Wildman–Crippen MR) is 619 cm³/mol. The number of anilines is 12. The number of hydrogen-bond donors (Lipinski definition) is 0. The Hall–Kier alpha value is -19.4. The minimum absolute atomic E-state index is 1.03. The van der Waals surface area contributed by atoms with E-state index in [4.69, 9.17) is 0 Å². The standard InChI is InChI=1S/2C70H49N3/c1-5-17-50(18-6-1)54-31-37-61(38-32-54)71(62-39-33-55(34-40-62)51-19-7-2-8-20-51)65-46-59(58-30-29-53-23-13-14-24-57(53)45-58)47-66(48-65)72(63-41-35-56(36-42-63)52-21-9-3-10-22-52)64-43-44-70-68(49-64)67-27-15-16-28-69(67)73(70)60-25-11-4-12-26-60;1-5-17-50(18-6-1)54-31-37-61(38-32-54)71(62-39-33-55(34-40-62)51-19-7-2-8-20-51)65-46-59(58-30-29-53-23-13-14-24-57(53)45-58)47-66(48-65)72(63-41-35-56(36-42-63)52-21-9-3-10-22-52)64-43-44-68-67-27-15-16-28-69(67)73(70(68)49-64)60-25-11-4-12-26-60/h2*1-49H.